The van der Waals surface area contributed by atoms with Crippen molar-refractivity contribution < 1.29 is 9.53 Å². The molecular formula is C25H27N9O2. The number of nitrogens with zero attached hydrogens (tertiary/aromatic N) is 7. The Labute approximate surface area is 207 Å². The van der Waals surface area contributed by atoms with E-state index in [0.717, 1.165) is 74.3 Å². The molecule has 0 unspecified atom stereocenters. The van der Waals surface area contributed by atoms with Crippen LogP contribution >= 0.6 is 0 Å². The van der Waals surface area contributed by atoms with Gasteiger partial charge in [0.15, 0.2) is 5.65 Å². The number of nitrogens with one attached hydrogen (secondary N) is 2. The molecule has 3 aromatic heterocycles. The zero-order valence-electron chi connectivity index (χ0n) is 19.9. The van der Waals surface area contributed by atoms with Gasteiger partial charge < -0.3 is 15.0 Å². The molecule has 2 N–H and O–H groups in total. The first-order chi connectivity index (χ1) is 17.6. The maximum Gasteiger partial charge on any atom is 0.321 e. The van der Waals surface area contributed by atoms with Gasteiger partial charge in [0.25, 0.3) is 5.91 Å². The predicted octanol–water partition coefficient (Wildman–Crippen LogP) is 2.35. The summed E-state index contributed by atoms with van der Waals surface area (Å²) in [7, 11) is 0. The molecule has 8 rings (SSSR count). The summed E-state index contributed by atoms with van der Waals surface area (Å²) in [6.07, 6.45) is 7.49. The van der Waals surface area contributed by atoms with Crippen molar-refractivity contribution in [1.29, 1.82) is 5.26 Å². The monoisotopic (exact) mass is 485 g/mol. The van der Waals surface area contributed by atoms with Crippen molar-refractivity contribution in [3.8, 4) is 12.1 Å². The number of fused-ring (bicyclic) bond motifs is 1. The largest absolute Gasteiger partial charge is 0.463 e. The van der Waals surface area contributed by atoms with Crippen LogP contribution in [0.4, 0.5) is 5.95 Å². The molecule has 3 aromatic rings. The number of aromatic amines is 1. The van der Waals surface area contributed by atoms with Crippen LogP contribution < -0.4 is 15.0 Å². The molecule has 11 heteroatoms. The van der Waals surface area contributed by atoms with Crippen molar-refractivity contribution in [3.63, 3.8) is 0 Å². The van der Waals surface area contributed by atoms with Crippen LogP contribution in [0.15, 0.2) is 18.3 Å². The van der Waals surface area contributed by atoms with Crippen LogP contribution in [0.5, 0.6) is 6.01 Å². The molecule has 0 radical (unpaired) electrons. The Bertz CT molecular complexity index is 1360. The molecule has 36 heavy (non-hydrogen) atoms. The number of anilines is 1. The number of hydrogen-bond donors (Lipinski definition) is 2. The molecule has 1 amide bonds. The molecule has 0 spiro atoms. The summed E-state index contributed by atoms with van der Waals surface area (Å²) < 4.78 is 5.85. The van der Waals surface area contributed by atoms with Crippen molar-refractivity contribution in [1.82, 2.24) is 35.5 Å². The number of nitriles is 1. The Morgan fingerprint density at radius 2 is 2.08 bits per heavy atom. The van der Waals surface area contributed by atoms with E-state index in [1.807, 2.05) is 6.07 Å². The van der Waals surface area contributed by atoms with Crippen LogP contribution in [-0.4, -0.2) is 61.3 Å². The third-order valence-electron chi connectivity index (χ3n) is 8.27. The first-order valence-electron chi connectivity index (χ1n) is 12.7. The summed E-state index contributed by atoms with van der Waals surface area (Å²) in [6, 6.07) is 6.41. The smallest absolute Gasteiger partial charge is 0.321 e. The number of carbonyl (C=O) groups is 1. The number of carbonyl (C=O) groups excluding carboxylic acids is 1. The van der Waals surface area contributed by atoms with E-state index in [1.54, 1.807) is 6.20 Å². The van der Waals surface area contributed by atoms with Gasteiger partial charge in [0, 0.05) is 42.0 Å². The van der Waals surface area contributed by atoms with Crippen LogP contribution in [-0.2, 0) is 0 Å². The summed E-state index contributed by atoms with van der Waals surface area (Å²) in [5.41, 5.74) is 1.79. The standard InChI is InChI=1S/C25H27N9O2/c26-12-16-8-17(16)13-36-24-29-21(22(35)31-25-9-14(10-25)11-25)28-23(30-24)34-6-3-15(4-7-34)19-18-2-1-5-27-20(18)33-32-19/h1-2,5,14-17H,3-4,6-11,13H2,(H,31,35)(H,27,32,33)/t14?,16-,17+,25?/m0/s1. The van der Waals surface area contributed by atoms with Crippen molar-refractivity contribution in [2.45, 2.75) is 50.0 Å². The molecule has 184 valence electrons. The molecule has 0 aromatic carbocycles. The van der Waals surface area contributed by atoms with E-state index in [1.165, 1.54) is 0 Å². The van der Waals surface area contributed by atoms with Crippen molar-refractivity contribution in [2.75, 3.05) is 24.6 Å². The number of H-pyrrole nitrogens is 1. The van der Waals surface area contributed by atoms with E-state index >= 15 is 0 Å². The summed E-state index contributed by atoms with van der Waals surface area (Å²) >= 11 is 0. The van der Waals surface area contributed by atoms with Crippen LogP contribution in [0.2, 0.25) is 0 Å². The number of aromatic nitrogens is 6. The highest BCUT2D eigenvalue weighted by atomic mass is 16.5. The van der Waals surface area contributed by atoms with Gasteiger partial charge in [-0.25, -0.2) is 4.98 Å². The molecular weight excluding hydrogens is 458 g/mol. The van der Waals surface area contributed by atoms with Gasteiger partial charge in [0.1, 0.15) is 0 Å². The third-order valence-corrected chi connectivity index (χ3v) is 8.27. The van der Waals surface area contributed by atoms with Gasteiger partial charge in [-0.3, -0.25) is 9.89 Å². The fourth-order valence-electron chi connectivity index (χ4n) is 5.89. The molecule has 5 aliphatic rings. The van der Waals surface area contributed by atoms with Crippen LogP contribution in [0.1, 0.15) is 60.8 Å². The highest BCUT2D eigenvalue weighted by molar-refractivity contribution is 5.91. The van der Waals surface area contributed by atoms with Crippen molar-refractivity contribution in [2.24, 2.45) is 17.8 Å². The van der Waals surface area contributed by atoms with Crippen molar-refractivity contribution in [3.05, 3.63) is 29.8 Å². The van der Waals surface area contributed by atoms with E-state index in [9.17, 15) is 4.79 Å². The lowest BCUT2D eigenvalue weighted by atomic mass is 9.50. The van der Waals surface area contributed by atoms with Crippen LogP contribution in [0, 0.1) is 29.1 Å². The number of piperidine rings is 1. The minimum atomic E-state index is -0.270. The molecule has 1 saturated heterocycles. The number of rotatable bonds is 7. The second-order valence-corrected chi connectivity index (χ2v) is 10.8. The predicted molar refractivity (Wildman–Crippen MR) is 128 cm³/mol. The average Bonchev–Trinajstić information content (AvgIpc) is 3.51. The zero-order valence-corrected chi connectivity index (χ0v) is 19.9. The molecule has 4 heterocycles. The van der Waals surface area contributed by atoms with E-state index in [-0.39, 0.29) is 35.1 Å². The van der Waals surface area contributed by atoms with Gasteiger partial charge in [-0.15, -0.1) is 0 Å². The minimum absolute atomic E-state index is 0.0331. The quantitative estimate of drug-likeness (QED) is 0.515. The summed E-state index contributed by atoms with van der Waals surface area (Å²) in [6.45, 7) is 1.83. The Kier molecular flexibility index (Phi) is 4.84. The average molecular weight is 486 g/mol. The normalized spacial score (nSPS) is 28.6. The van der Waals surface area contributed by atoms with Gasteiger partial charge in [-0.05, 0) is 56.6 Å². The lowest BCUT2D eigenvalue weighted by Gasteiger charge is -2.61. The van der Waals surface area contributed by atoms with Gasteiger partial charge in [-0.1, -0.05) is 0 Å². The molecule has 4 saturated carbocycles. The highest BCUT2D eigenvalue weighted by Crippen LogP contribution is 2.57. The first kappa shape index (κ1) is 21.5. The molecule has 11 nitrogen and oxygen atoms in total. The second kappa shape index (κ2) is 8.11. The molecule has 1 aliphatic heterocycles. The van der Waals surface area contributed by atoms with Crippen molar-refractivity contribution >= 4 is 22.9 Å². The molecule has 2 bridgehead atoms. The lowest BCUT2D eigenvalue weighted by Crippen LogP contribution is -2.68. The van der Waals surface area contributed by atoms with E-state index in [2.05, 4.69) is 52.5 Å². The van der Waals surface area contributed by atoms with Crippen LogP contribution in [0.3, 0.4) is 0 Å². The summed E-state index contributed by atoms with van der Waals surface area (Å²) in [5.74, 6) is 1.58. The summed E-state index contributed by atoms with van der Waals surface area (Å²) in [5, 5.41) is 20.9. The zero-order chi connectivity index (χ0) is 24.3. The number of pyridine rings is 1. The Balaban J connectivity index is 1.09. The van der Waals surface area contributed by atoms with Gasteiger partial charge in [0.05, 0.1) is 24.3 Å². The van der Waals surface area contributed by atoms with Gasteiger partial charge in [-0.2, -0.15) is 25.3 Å². The number of amides is 1. The third kappa shape index (κ3) is 3.72. The van der Waals surface area contributed by atoms with Gasteiger partial charge >= 0.3 is 6.01 Å². The van der Waals surface area contributed by atoms with Gasteiger partial charge in [0.2, 0.25) is 11.8 Å². The molecule has 5 fully saturated rings. The molecule has 4 aliphatic carbocycles. The fourth-order valence-corrected chi connectivity index (χ4v) is 5.89. The van der Waals surface area contributed by atoms with E-state index in [4.69, 9.17) is 10.00 Å². The lowest BCUT2D eigenvalue weighted by molar-refractivity contribution is -0.0441. The first-order valence-corrected chi connectivity index (χ1v) is 12.7. The maximum atomic E-state index is 13.0. The Hall–Kier alpha value is -3.81. The van der Waals surface area contributed by atoms with E-state index in [0.29, 0.717) is 18.5 Å². The fraction of sp³-hybridized carbons (Fsp3) is 0.560. The Morgan fingerprint density at radius 1 is 1.25 bits per heavy atom. The topological polar surface area (TPSA) is 146 Å². The minimum Gasteiger partial charge on any atom is -0.463 e. The van der Waals surface area contributed by atoms with E-state index < -0.39 is 0 Å². The van der Waals surface area contributed by atoms with Crippen LogP contribution in [0.25, 0.3) is 11.0 Å². The Morgan fingerprint density at radius 3 is 2.81 bits per heavy atom. The summed E-state index contributed by atoms with van der Waals surface area (Å²) in [4.78, 5) is 32.9. The maximum absolute atomic E-state index is 13.0. The molecule has 2 atom stereocenters. The number of ether oxygens (including phenoxy) is 1. The number of hydrogen-bond acceptors (Lipinski definition) is 9. The second-order valence-electron chi connectivity index (χ2n) is 10.8. The highest BCUT2D eigenvalue weighted by Gasteiger charge is 2.57. The SMILES string of the molecule is N#C[C@@H]1C[C@@H]1COc1nc(C(=O)NC23CC(C2)C3)nc(N2CCC(c3n[nH]c4ncccc34)CC2)n1.